The predicted molar refractivity (Wildman–Crippen MR) is 135 cm³/mol. The maximum Gasteiger partial charge on any atom is 0.270 e. The lowest BCUT2D eigenvalue weighted by Gasteiger charge is -2.16. The summed E-state index contributed by atoms with van der Waals surface area (Å²) >= 11 is 1.16. The maximum atomic E-state index is 13.8. The first-order valence-electron chi connectivity index (χ1n) is 11.2. The molecule has 1 N–H and O–H groups in total. The lowest BCUT2D eigenvalue weighted by atomic mass is 9.94. The van der Waals surface area contributed by atoms with Gasteiger partial charge in [-0.3, -0.25) is 4.79 Å². The average molecular weight is 469 g/mol. The zero-order valence-corrected chi connectivity index (χ0v) is 19.8. The average Bonchev–Trinajstić information content (AvgIpc) is 3.31. The summed E-state index contributed by atoms with van der Waals surface area (Å²) < 4.78 is 10.2. The van der Waals surface area contributed by atoms with Crippen LogP contribution in [0.2, 0.25) is 0 Å². The first kappa shape index (κ1) is 22.0. The van der Waals surface area contributed by atoms with E-state index >= 15 is 0 Å². The molecule has 0 spiro atoms. The molecule has 0 fully saturated rings. The van der Waals surface area contributed by atoms with Crippen LogP contribution in [0.3, 0.4) is 0 Å². The van der Waals surface area contributed by atoms with E-state index in [0.29, 0.717) is 41.8 Å². The topological polar surface area (TPSA) is 80.9 Å². The predicted octanol–water partition coefficient (Wildman–Crippen LogP) is 5.07. The number of hydrogen-bond acceptors (Lipinski definition) is 6. The fourth-order valence-corrected chi connectivity index (χ4v) is 5.00. The van der Waals surface area contributed by atoms with Gasteiger partial charge < -0.3 is 5.11 Å². The molecule has 34 heavy (non-hydrogen) atoms. The Labute approximate surface area is 201 Å². The SMILES string of the molecule is Cc1cccc(CCc2c(-c3ccccc3O)c(C)nn(Cc3cccc4nsnc34)c2=O)c1. The second-order valence-electron chi connectivity index (χ2n) is 8.46. The fraction of sp³-hybridized carbons (Fsp3) is 0.185. The Balaban J connectivity index is 1.62. The number of aromatic hydroxyl groups is 1. The lowest BCUT2D eigenvalue weighted by Crippen LogP contribution is -2.29. The largest absolute Gasteiger partial charge is 0.507 e. The molecule has 0 aliphatic rings. The fourth-order valence-electron chi connectivity index (χ4n) is 4.43. The molecule has 0 amide bonds. The first-order valence-corrected chi connectivity index (χ1v) is 11.9. The highest BCUT2D eigenvalue weighted by atomic mass is 32.1. The number of phenols is 1. The molecular weight excluding hydrogens is 444 g/mol. The van der Waals surface area contributed by atoms with E-state index in [1.807, 2.05) is 43.3 Å². The van der Waals surface area contributed by atoms with Gasteiger partial charge in [-0.05, 0) is 44.4 Å². The van der Waals surface area contributed by atoms with Crippen molar-refractivity contribution >= 4 is 22.8 Å². The van der Waals surface area contributed by atoms with Gasteiger partial charge in [0.25, 0.3) is 5.56 Å². The third kappa shape index (κ3) is 4.22. The molecule has 7 heteroatoms. The Hall–Kier alpha value is -3.84. The number of rotatable bonds is 6. The van der Waals surface area contributed by atoms with Crippen molar-refractivity contribution in [2.45, 2.75) is 33.2 Å². The highest BCUT2D eigenvalue weighted by Gasteiger charge is 2.20. The van der Waals surface area contributed by atoms with Crippen LogP contribution in [-0.2, 0) is 19.4 Å². The van der Waals surface area contributed by atoms with E-state index in [4.69, 9.17) is 0 Å². The van der Waals surface area contributed by atoms with Crippen molar-refractivity contribution in [1.29, 1.82) is 0 Å². The Morgan fingerprint density at radius 2 is 1.76 bits per heavy atom. The third-order valence-corrected chi connectivity index (χ3v) is 6.58. The molecule has 170 valence electrons. The Morgan fingerprint density at radius 3 is 2.59 bits per heavy atom. The molecule has 0 aliphatic carbocycles. The van der Waals surface area contributed by atoms with Crippen molar-refractivity contribution in [3.8, 4) is 16.9 Å². The van der Waals surface area contributed by atoms with E-state index in [2.05, 4.69) is 39.0 Å². The van der Waals surface area contributed by atoms with Crippen LogP contribution in [0.1, 0.15) is 27.9 Å². The summed E-state index contributed by atoms with van der Waals surface area (Å²) in [7, 11) is 0. The smallest absolute Gasteiger partial charge is 0.270 e. The second kappa shape index (κ2) is 9.19. The van der Waals surface area contributed by atoms with Crippen LogP contribution in [-0.4, -0.2) is 23.6 Å². The van der Waals surface area contributed by atoms with Gasteiger partial charge in [-0.2, -0.15) is 13.8 Å². The van der Waals surface area contributed by atoms with Gasteiger partial charge in [-0.15, -0.1) is 0 Å². The van der Waals surface area contributed by atoms with Crippen molar-refractivity contribution in [2.24, 2.45) is 0 Å². The number of nitrogens with zero attached hydrogens (tertiary/aromatic N) is 4. The molecule has 5 aromatic rings. The monoisotopic (exact) mass is 468 g/mol. The second-order valence-corrected chi connectivity index (χ2v) is 8.99. The molecule has 6 nitrogen and oxygen atoms in total. The first-order chi connectivity index (χ1) is 16.5. The van der Waals surface area contributed by atoms with Gasteiger partial charge in [0.15, 0.2) is 0 Å². The number of aromatic nitrogens is 4. The molecule has 0 atom stereocenters. The van der Waals surface area contributed by atoms with Crippen LogP contribution >= 0.6 is 11.7 Å². The summed E-state index contributed by atoms with van der Waals surface area (Å²) in [6.07, 6.45) is 1.25. The zero-order valence-electron chi connectivity index (χ0n) is 19.0. The molecular formula is C27H24N4O2S. The van der Waals surface area contributed by atoms with Crippen LogP contribution in [0.5, 0.6) is 5.75 Å². The maximum absolute atomic E-state index is 13.8. The van der Waals surface area contributed by atoms with Crippen molar-refractivity contribution < 1.29 is 5.11 Å². The molecule has 0 unspecified atom stereocenters. The molecule has 0 saturated carbocycles. The summed E-state index contributed by atoms with van der Waals surface area (Å²) in [5.41, 5.74) is 7.40. The normalized spacial score (nSPS) is 11.2. The van der Waals surface area contributed by atoms with E-state index < -0.39 is 0 Å². The van der Waals surface area contributed by atoms with E-state index in [-0.39, 0.29) is 11.3 Å². The summed E-state index contributed by atoms with van der Waals surface area (Å²) in [5.74, 6) is 0.139. The number of hydrogen-bond donors (Lipinski definition) is 1. The van der Waals surface area contributed by atoms with E-state index in [9.17, 15) is 9.90 Å². The molecule has 2 heterocycles. The van der Waals surface area contributed by atoms with Crippen molar-refractivity contribution in [2.75, 3.05) is 0 Å². The third-order valence-electron chi connectivity index (χ3n) is 6.04. The van der Waals surface area contributed by atoms with Gasteiger partial charge in [-0.25, -0.2) is 4.68 Å². The number of phenolic OH excluding ortho intramolecular Hbond substituents is 1. The number of benzene rings is 3. The van der Waals surface area contributed by atoms with Crippen molar-refractivity contribution in [3.05, 3.63) is 105 Å². The van der Waals surface area contributed by atoms with Crippen molar-refractivity contribution in [1.82, 2.24) is 18.5 Å². The molecule has 5 rings (SSSR count). The van der Waals surface area contributed by atoms with Gasteiger partial charge in [0.2, 0.25) is 0 Å². The van der Waals surface area contributed by atoms with Crippen LogP contribution in [0.25, 0.3) is 22.2 Å². The summed E-state index contributed by atoms with van der Waals surface area (Å²) in [4.78, 5) is 13.8. The molecule has 0 saturated heterocycles. The lowest BCUT2D eigenvalue weighted by molar-refractivity contribution is 0.477. The van der Waals surface area contributed by atoms with Crippen molar-refractivity contribution in [3.63, 3.8) is 0 Å². The summed E-state index contributed by atoms with van der Waals surface area (Å²) in [5, 5.41) is 15.2. The minimum Gasteiger partial charge on any atom is -0.507 e. The quantitative estimate of drug-likeness (QED) is 0.376. The van der Waals surface area contributed by atoms with E-state index in [0.717, 1.165) is 28.3 Å². The molecule has 2 aromatic heterocycles. The van der Waals surface area contributed by atoms with Gasteiger partial charge in [-0.1, -0.05) is 60.2 Å². The Morgan fingerprint density at radius 1 is 0.941 bits per heavy atom. The molecule has 0 bridgehead atoms. The summed E-state index contributed by atoms with van der Waals surface area (Å²) in [6.45, 7) is 4.26. The number of fused-ring (bicyclic) bond motifs is 1. The van der Waals surface area contributed by atoms with Gasteiger partial charge >= 0.3 is 0 Å². The highest BCUT2D eigenvalue weighted by molar-refractivity contribution is 7.00. The Bertz CT molecular complexity index is 1550. The van der Waals surface area contributed by atoms with Crippen LogP contribution in [0.15, 0.2) is 71.5 Å². The summed E-state index contributed by atoms with van der Waals surface area (Å²) in [6, 6.07) is 21.2. The zero-order chi connectivity index (χ0) is 23.7. The minimum absolute atomic E-state index is 0.139. The molecule has 0 radical (unpaired) electrons. The number of aryl methyl sites for hydroxylation is 3. The standard InChI is InChI=1S/C27H24N4O2S/c1-17-7-5-8-19(15-17)13-14-22-25(21-10-3-4-12-24(21)32)18(2)28-31(27(22)33)16-20-9-6-11-23-26(20)30-34-29-23/h3-12,15,32H,13-14,16H2,1-2H3. The van der Waals surface area contributed by atoms with E-state index in [1.165, 1.54) is 15.8 Å². The van der Waals surface area contributed by atoms with Crippen LogP contribution in [0.4, 0.5) is 0 Å². The van der Waals surface area contributed by atoms with E-state index in [1.54, 1.807) is 12.1 Å². The van der Waals surface area contributed by atoms with Gasteiger partial charge in [0.05, 0.1) is 24.0 Å². The van der Waals surface area contributed by atoms with Crippen LogP contribution < -0.4 is 5.56 Å². The Kier molecular flexibility index (Phi) is 5.94. The molecule has 0 aliphatic heterocycles. The van der Waals surface area contributed by atoms with Gasteiger partial charge in [0.1, 0.15) is 16.8 Å². The molecule has 3 aromatic carbocycles. The highest BCUT2D eigenvalue weighted by Crippen LogP contribution is 2.32. The van der Waals surface area contributed by atoms with Gasteiger partial charge in [0, 0.05) is 22.3 Å². The van der Waals surface area contributed by atoms with Crippen LogP contribution in [0, 0.1) is 13.8 Å². The minimum atomic E-state index is -0.156. The number of para-hydroxylation sites is 1.